The summed E-state index contributed by atoms with van der Waals surface area (Å²) in [6.07, 6.45) is 0.226. The van der Waals surface area contributed by atoms with Gasteiger partial charge in [-0.15, -0.1) is 0 Å². The van der Waals surface area contributed by atoms with Crippen molar-refractivity contribution in [1.82, 2.24) is 4.90 Å². The molecule has 0 aliphatic heterocycles. The molecule has 0 radical (unpaired) electrons. The van der Waals surface area contributed by atoms with Crippen LogP contribution < -0.4 is 5.32 Å². The standard InChI is InChI=1S/C12H13N3O2S/c13-7-4-8-15(9-11(16)17)12(18)14-10-5-2-1-3-6-10/h1-3,5-6H,4,8-9H2,(H,14,18)(H,16,17). The monoisotopic (exact) mass is 263 g/mol. The van der Waals surface area contributed by atoms with Crippen molar-refractivity contribution in [3.05, 3.63) is 30.3 Å². The van der Waals surface area contributed by atoms with Gasteiger partial charge in [0.05, 0.1) is 12.5 Å². The lowest BCUT2D eigenvalue weighted by Crippen LogP contribution is -2.39. The van der Waals surface area contributed by atoms with E-state index < -0.39 is 5.97 Å². The highest BCUT2D eigenvalue weighted by molar-refractivity contribution is 7.80. The van der Waals surface area contributed by atoms with Crippen LogP contribution >= 0.6 is 12.2 Å². The van der Waals surface area contributed by atoms with E-state index in [4.69, 9.17) is 22.6 Å². The normalized spacial score (nSPS) is 9.28. The summed E-state index contributed by atoms with van der Waals surface area (Å²) in [6.45, 7) is 0.0712. The number of anilines is 1. The number of nitrogens with one attached hydrogen (secondary N) is 1. The smallest absolute Gasteiger partial charge is 0.323 e. The van der Waals surface area contributed by atoms with Gasteiger partial charge in [-0.25, -0.2) is 0 Å². The minimum absolute atomic E-state index is 0.222. The van der Waals surface area contributed by atoms with E-state index in [1.165, 1.54) is 4.90 Å². The number of nitriles is 1. The number of carboxylic acids is 1. The van der Waals surface area contributed by atoms with E-state index in [1.54, 1.807) is 0 Å². The van der Waals surface area contributed by atoms with Crippen molar-refractivity contribution in [1.29, 1.82) is 5.26 Å². The van der Waals surface area contributed by atoms with Gasteiger partial charge in [-0.3, -0.25) is 4.79 Å². The Kier molecular flexibility index (Phi) is 5.61. The molecule has 0 saturated heterocycles. The Bertz CT molecular complexity index is 456. The van der Waals surface area contributed by atoms with Crippen LogP contribution in [-0.4, -0.2) is 34.2 Å². The molecular formula is C12H13N3O2S. The van der Waals surface area contributed by atoms with Crippen LogP contribution in [0.2, 0.25) is 0 Å². The van der Waals surface area contributed by atoms with Crippen LogP contribution in [0.3, 0.4) is 0 Å². The van der Waals surface area contributed by atoms with Gasteiger partial charge in [0.25, 0.3) is 0 Å². The molecule has 94 valence electrons. The van der Waals surface area contributed by atoms with Crippen LogP contribution in [0.15, 0.2) is 30.3 Å². The van der Waals surface area contributed by atoms with E-state index in [0.717, 1.165) is 5.69 Å². The van der Waals surface area contributed by atoms with Crippen molar-refractivity contribution in [2.75, 3.05) is 18.4 Å². The van der Waals surface area contributed by atoms with E-state index >= 15 is 0 Å². The van der Waals surface area contributed by atoms with Gasteiger partial charge < -0.3 is 15.3 Å². The lowest BCUT2D eigenvalue weighted by Gasteiger charge is -2.22. The Morgan fingerprint density at radius 3 is 2.67 bits per heavy atom. The molecule has 1 aromatic rings. The highest BCUT2D eigenvalue weighted by atomic mass is 32.1. The Morgan fingerprint density at radius 2 is 2.11 bits per heavy atom. The molecule has 6 heteroatoms. The summed E-state index contributed by atoms with van der Waals surface area (Å²) < 4.78 is 0. The summed E-state index contributed by atoms with van der Waals surface area (Å²) >= 11 is 5.13. The first-order valence-electron chi connectivity index (χ1n) is 5.33. The second-order valence-corrected chi connectivity index (χ2v) is 3.91. The first kappa shape index (κ1) is 13.9. The molecule has 0 atom stereocenters. The minimum atomic E-state index is -0.981. The predicted molar refractivity (Wildman–Crippen MR) is 72.1 cm³/mol. The Hall–Kier alpha value is -2.13. The molecule has 0 aliphatic rings. The second-order valence-electron chi connectivity index (χ2n) is 3.52. The van der Waals surface area contributed by atoms with Crippen molar-refractivity contribution in [3.8, 4) is 6.07 Å². The zero-order valence-electron chi connectivity index (χ0n) is 9.67. The molecular weight excluding hydrogens is 250 g/mol. The number of thiocarbonyl (C=S) groups is 1. The molecule has 0 saturated carbocycles. The number of aliphatic carboxylic acids is 1. The quantitative estimate of drug-likeness (QED) is 0.787. The van der Waals surface area contributed by atoms with Gasteiger partial charge in [0.2, 0.25) is 0 Å². The highest BCUT2D eigenvalue weighted by Gasteiger charge is 2.12. The minimum Gasteiger partial charge on any atom is -0.480 e. The molecule has 0 fully saturated rings. The molecule has 18 heavy (non-hydrogen) atoms. The second kappa shape index (κ2) is 7.25. The molecule has 1 aromatic carbocycles. The molecule has 5 nitrogen and oxygen atoms in total. The van der Waals surface area contributed by atoms with Gasteiger partial charge in [-0.05, 0) is 24.4 Å². The van der Waals surface area contributed by atoms with Gasteiger partial charge in [0.15, 0.2) is 5.11 Å². The molecule has 0 heterocycles. The SMILES string of the molecule is N#CCCN(CC(=O)O)C(=S)Nc1ccccc1. The fourth-order valence-electron chi connectivity index (χ4n) is 1.32. The average Bonchev–Trinajstić information content (AvgIpc) is 2.35. The number of para-hydroxylation sites is 1. The lowest BCUT2D eigenvalue weighted by molar-refractivity contribution is -0.137. The van der Waals surface area contributed by atoms with E-state index in [1.807, 2.05) is 36.4 Å². The summed E-state index contributed by atoms with van der Waals surface area (Å²) in [5.74, 6) is -0.981. The molecule has 0 bridgehead atoms. The fraction of sp³-hybridized carbons (Fsp3) is 0.250. The zero-order valence-corrected chi connectivity index (χ0v) is 10.5. The first-order chi connectivity index (χ1) is 8.63. The Balaban J connectivity index is 2.64. The molecule has 1 rings (SSSR count). The van der Waals surface area contributed by atoms with Crippen LogP contribution in [0.4, 0.5) is 5.69 Å². The maximum absolute atomic E-state index is 10.7. The number of hydrogen-bond acceptors (Lipinski definition) is 3. The summed E-state index contributed by atoms with van der Waals surface area (Å²) in [7, 11) is 0. The number of nitrogens with zero attached hydrogens (tertiary/aromatic N) is 2. The zero-order chi connectivity index (χ0) is 13.4. The third kappa shape index (κ3) is 4.80. The van der Waals surface area contributed by atoms with Gasteiger partial charge in [0.1, 0.15) is 6.54 Å². The molecule has 2 N–H and O–H groups in total. The maximum Gasteiger partial charge on any atom is 0.323 e. The summed E-state index contributed by atoms with van der Waals surface area (Å²) in [6, 6.07) is 11.2. The van der Waals surface area contributed by atoms with Crippen LogP contribution in [0.5, 0.6) is 0 Å². The van der Waals surface area contributed by atoms with Crippen molar-refractivity contribution in [2.45, 2.75) is 6.42 Å². The van der Waals surface area contributed by atoms with Gasteiger partial charge >= 0.3 is 5.97 Å². The number of carboxylic acid groups (broad SMARTS) is 1. The summed E-state index contributed by atoms with van der Waals surface area (Å²) in [5, 5.41) is 20.6. The average molecular weight is 263 g/mol. The number of carbonyl (C=O) groups is 1. The third-order valence-corrected chi connectivity index (χ3v) is 2.49. The van der Waals surface area contributed by atoms with Gasteiger partial charge in [0, 0.05) is 12.2 Å². The van der Waals surface area contributed by atoms with Crippen LogP contribution in [0, 0.1) is 11.3 Å². The maximum atomic E-state index is 10.7. The van der Waals surface area contributed by atoms with Crippen molar-refractivity contribution in [3.63, 3.8) is 0 Å². The van der Waals surface area contributed by atoms with Crippen LogP contribution in [-0.2, 0) is 4.79 Å². The summed E-state index contributed by atoms with van der Waals surface area (Å²) in [5.41, 5.74) is 0.787. The van der Waals surface area contributed by atoms with Crippen molar-refractivity contribution >= 4 is 29.0 Å². The fourth-order valence-corrected chi connectivity index (χ4v) is 1.60. The van der Waals surface area contributed by atoms with Crippen LogP contribution in [0.1, 0.15) is 6.42 Å². The largest absolute Gasteiger partial charge is 0.480 e. The van der Waals surface area contributed by atoms with E-state index in [9.17, 15) is 4.79 Å². The Morgan fingerprint density at radius 1 is 1.44 bits per heavy atom. The first-order valence-corrected chi connectivity index (χ1v) is 5.74. The van der Waals surface area contributed by atoms with E-state index in [2.05, 4.69) is 5.32 Å². The van der Waals surface area contributed by atoms with E-state index in [0.29, 0.717) is 11.7 Å². The van der Waals surface area contributed by atoms with E-state index in [-0.39, 0.29) is 13.0 Å². The molecule has 0 unspecified atom stereocenters. The summed E-state index contributed by atoms with van der Waals surface area (Å²) in [4.78, 5) is 12.2. The topological polar surface area (TPSA) is 76.4 Å². The number of hydrogen-bond donors (Lipinski definition) is 2. The van der Waals surface area contributed by atoms with Gasteiger partial charge in [-0.2, -0.15) is 5.26 Å². The van der Waals surface area contributed by atoms with Crippen molar-refractivity contribution < 1.29 is 9.90 Å². The lowest BCUT2D eigenvalue weighted by atomic mass is 10.3. The molecule has 0 spiro atoms. The predicted octanol–water partition coefficient (Wildman–Crippen LogP) is 1.68. The third-order valence-electron chi connectivity index (χ3n) is 2.13. The van der Waals surface area contributed by atoms with Gasteiger partial charge in [-0.1, -0.05) is 18.2 Å². The number of benzene rings is 1. The molecule has 0 aromatic heterocycles. The van der Waals surface area contributed by atoms with Crippen molar-refractivity contribution in [2.24, 2.45) is 0 Å². The van der Waals surface area contributed by atoms with Crippen LogP contribution in [0.25, 0.3) is 0 Å². The highest BCUT2D eigenvalue weighted by Crippen LogP contribution is 2.07. The Labute approximate surface area is 111 Å². The molecule has 0 amide bonds. The number of rotatable bonds is 5. The molecule has 0 aliphatic carbocycles.